The Balaban J connectivity index is 1.88. The van der Waals surface area contributed by atoms with Gasteiger partial charge in [0, 0.05) is 30.0 Å². The van der Waals surface area contributed by atoms with Crippen LogP contribution in [-0.2, 0) is 13.1 Å². The van der Waals surface area contributed by atoms with E-state index in [1.54, 1.807) is 6.20 Å². The lowest BCUT2D eigenvalue weighted by atomic mass is 10.2. The number of nitrogens with zero attached hydrogens (tertiary/aromatic N) is 4. The van der Waals surface area contributed by atoms with Crippen LogP contribution in [0.4, 0.5) is 5.69 Å². The molecule has 0 aromatic carbocycles. The molecule has 4 nitrogen and oxygen atoms in total. The molecule has 0 N–H and O–H groups in total. The van der Waals surface area contributed by atoms with Gasteiger partial charge in [-0.2, -0.15) is 0 Å². The molecule has 3 rings (SSSR count). The summed E-state index contributed by atoms with van der Waals surface area (Å²) in [7, 11) is 0. The minimum absolute atomic E-state index is 0.901. The summed E-state index contributed by atoms with van der Waals surface area (Å²) in [5.41, 5.74) is 2.41. The number of fused-ring (bicyclic) bond motifs is 1. The quantitative estimate of drug-likeness (QED) is 0.801. The first-order valence-corrected chi connectivity index (χ1v) is 5.97. The number of anilines is 1. The molecule has 0 radical (unpaired) electrons. The second kappa shape index (κ2) is 3.90. The number of pyridine rings is 1. The molecule has 2 aromatic rings. The van der Waals surface area contributed by atoms with Gasteiger partial charge in [-0.3, -0.25) is 4.98 Å². The lowest BCUT2D eigenvalue weighted by Crippen LogP contribution is -2.33. The zero-order valence-electron chi connectivity index (χ0n) is 8.67. The maximum atomic E-state index is 4.19. The Bertz CT molecular complexity index is 508. The van der Waals surface area contributed by atoms with Crippen LogP contribution in [0.1, 0.15) is 5.69 Å². The van der Waals surface area contributed by atoms with E-state index in [-0.39, 0.29) is 0 Å². The predicted octanol–water partition coefficient (Wildman–Crippen LogP) is 2.06. The number of imidazole rings is 1. The van der Waals surface area contributed by atoms with E-state index < -0.39 is 0 Å². The van der Waals surface area contributed by atoms with Gasteiger partial charge in [0.15, 0.2) is 0 Å². The summed E-state index contributed by atoms with van der Waals surface area (Å²) in [6, 6.07) is 2.10. The highest BCUT2D eigenvalue weighted by Gasteiger charge is 2.16. The lowest BCUT2D eigenvalue weighted by molar-refractivity contribution is 0.571. The molecule has 82 valence electrons. The molecular weight excluding hydrogens is 268 g/mol. The molecule has 0 saturated carbocycles. The molecule has 0 amide bonds. The van der Waals surface area contributed by atoms with E-state index >= 15 is 0 Å². The summed E-state index contributed by atoms with van der Waals surface area (Å²) in [5, 5.41) is 0. The Morgan fingerprint density at radius 2 is 2.06 bits per heavy atom. The highest BCUT2D eigenvalue weighted by molar-refractivity contribution is 9.10. The zero-order chi connectivity index (χ0) is 11.0. The molecule has 1 aliphatic heterocycles. The van der Waals surface area contributed by atoms with E-state index in [0.29, 0.717) is 0 Å². The molecule has 3 heterocycles. The minimum atomic E-state index is 0.901. The van der Waals surface area contributed by atoms with Crippen LogP contribution in [0.2, 0.25) is 0 Å². The largest absolute Gasteiger partial charge is 0.363 e. The van der Waals surface area contributed by atoms with Crippen LogP contribution in [0.5, 0.6) is 0 Å². The number of halogens is 1. The summed E-state index contributed by atoms with van der Waals surface area (Å²) in [6.07, 6.45) is 7.53. The van der Waals surface area contributed by atoms with Crippen molar-refractivity contribution >= 4 is 21.6 Å². The monoisotopic (exact) mass is 278 g/mol. The maximum absolute atomic E-state index is 4.19. The fourth-order valence-electron chi connectivity index (χ4n) is 1.98. The first kappa shape index (κ1) is 9.84. The molecule has 0 spiro atoms. The first-order valence-electron chi connectivity index (χ1n) is 5.17. The average Bonchev–Trinajstić information content (AvgIpc) is 2.75. The third-order valence-corrected chi connectivity index (χ3v) is 3.25. The van der Waals surface area contributed by atoms with Crippen LogP contribution < -0.4 is 4.90 Å². The standard InChI is InChI=1S/C11H11BrN4/c12-9-3-10(5-13-4-9)15-1-2-16-8-14-6-11(16)7-15/h3-6,8H,1-2,7H2. The van der Waals surface area contributed by atoms with E-state index in [1.807, 2.05) is 18.7 Å². The Kier molecular flexibility index (Phi) is 2.40. The van der Waals surface area contributed by atoms with Crippen molar-refractivity contribution in [3.05, 3.63) is 41.2 Å². The molecule has 0 bridgehead atoms. The van der Waals surface area contributed by atoms with Gasteiger partial charge in [0.2, 0.25) is 0 Å². The molecule has 5 heteroatoms. The van der Waals surface area contributed by atoms with Crippen molar-refractivity contribution in [2.45, 2.75) is 13.1 Å². The Morgan fingerprint density at radius 1 is 1.12 bits per heavy atom. The van der Waals surface area contributed by atoms with Gasteiger partial charge in [0.25, 0.3) is 0 Å². The number of aromatic nitrogens is 3. The summed E-state index contributed by atoms with van der Waals surface area (Å²) < 4.78 is 3.21. The summed E-state index contributed by atoms with van der Waals surface area (Å²) in [4.78, 5) is 10.7. The van der Waals surface area contributed by atoms with Gasteiger partial charge in [-0.25, -0.2) is 4.98 Å². The van der Waals surface area contributed by atoms with Crippen molar-refractivity contribution < 1.29 is 0 Å². The van der Waals surface area contributed by atoms with Gasteiger partial charge < -0.3 is 9.47 Å². The van der Waals surface area contributed by atoms with Crippen molar-refractivity contribution in [1.29, 1.82) is 0 Å². The second-order valence-corrected chi connectivity index (χ2v) is 4.78. The highest BCUT2D eigenvalue weighted by Crippen LogP contribution is 2.22. The van der Waals surface area contributed by atoms with Crippen LogP contribution in [0.3, 0.4) is 0 Å². The second-order valence-electron chi connectivity index (χ2n) is 3.86. The van der Waals surface area contributed by atoms with Gasteiger partial charge in [-0.15, -0.1) is 0 Å². The Hall–Kier alpha value is -1.36. The lowest BCUT2D eigenvalue weighted by Gasteiger charge is -2.29. The highest BCUT2D eigenvalue weighted by atomic mass is 79.9. The molecule has 0 atom stereocenters. The summed E-state index contributed by atoms with van der Waals surface area (Å²) in [6.45, 7) is 2.89. The molecule has 1 aliphatic rings. The number of hydrogen-bond donors (Lipinski definition) is 0. The van der Waals surface area contributed by atoms with Crippen LogP contribution in [0.25, 0.3) is 0 Å². The third kappa shape index (κ3) is 1.71. The fourth-order valence-corrected chi connectivity index (χ4v) is 2.33. The van der Waals surface area contributed by atoms with Gasteiger partial charge in [0.1, 0.15) is 0 Å². The minimum Gasteiger partial charge on any atom is -0.363 e. The Labute approximate surface area is 102 Å². The number of rotatable bonds is 1. The summed E-state index contributed by atoms with van der Waals surface area (Å²) >= 11 is 3.45. The van der Waals surface area contributed by atoms with Crippen LogP contribution >= 0.6 is 15.9 Å². The van der Waals surface area contributed by atoms with Gasteiger partial charge in [-0.1, -0.05) is 0 Å². The maximum Gasteiger partial charge on any atom is 0.0949 e. The molecule has 2 aromatic heterocycles. The van der Waals surface area contributed by atoms with Crippen molar-refractivity contribution in [2.75, 3.05) is 11.4 Å². The summed E-state index contributed by atoms with van der Waals surface area (Å²) in [5.74, 6) is 0. The molecule has 0 unspecified atom stereocenters. The zero-order valence-corrected chi connectivity index (χ0v) is 10.3. The molecular formula is C11H11BrN4. The number of hydrogen-bond acceptors (Lipinski definition) is 3. The predicted molar refractivity (Wildman–Crippen MR) is 65.2 cm³/mol. The van der Waals surface area contributed by atoms with Crippen molar-refractivity contribution in [3.8, 4) is 0 Å². The van der Waals surface area contributed by atoms with Crippen molar-refractivity contribution in [2.24, 2.45) is 0 Å². The van der Waals surface area contributed by atoms with E-state index in [4.69, 9.17) is 0 Å². The van der Waals surface area contributed by atoms with Crippen LogP contribution in [0.15, 0.2) is 35.5 Å². The van der Waals surface area contributed by atoms with E-state index in [1.165, 1.54) is 5.69 Å². The van der Waals surface area contributed by atoms with Gasteiger partial charge >= 0.3 is 0 Å². The average molecular weight is 279 g/mol. The van der Waals surface area contributed by atoms with Crippen molar-refractivity contribution in [1.82, 2.24) is 14.5 Å². The molecule has 0 saturated heterocycles. The fraction of sp³-hybridized carbons (Fsp3) is 0.273. The van der Waals surface area contributed by atoms with Gasteiger partial charge in [-0.05, 0) is 22.0 Å². The van der Waals surface area contributed by atoms with Crippen LogP contribution in [-0.4, -0.2) is 21.1 Å². The Morgan fingerprint density at radius 3 is 2.94 bits per heavy atom. The molecule has 0 fully saturated rings. The molecule has 0 aliphatic carbocycles. The normalized spacial score (nSPS) is 14.9. The van der Waals surface area contributed by atoms with Crippen LogP contribution in [0, 0.1) is 0 Å². The van der Waals surface area contributed by atoms with Crippen molar-refractivity contribution in [3.63, 3.8) is 0 Å². The van der Waals surface area contributed by atoms with Gasteiger partial charge in [0.05, 0.1) is 30.5 Å². The SMILES string of the molecule is Brc1cncc(N2CCn3cncc3C2)c1. The van der Waals surface area contributed by atoms with E-state index in [2.05, 4.69) is 41.4 Å². The van der Waals surface area contributed by atoms with E-state index in [0.717, 1.165) is 29.8 Å². The first-order chi connectivity index (χ1) is 7.83. The van der Waals surface area contributed by atoms with E-state index in [9.17, 15) is 0 Å². The third-order valence-electron chi connectivity index (χ3n) is 2.82. The smallest absolute Gasteiger partial charge is 0.0949 e. The topological polar surface area (TPSA) is 34.0 Å². The molecule has 16 heavy (non-hydrogen) atoms.